The molecule has 0 aromatic heterocycles. The number of hydrogen-bond donors (Lipinski definition) is 3. The number of aliphatic hydroxyl groups is 3. The van der Waals surface area contributed by atoms with Crippen LogP contribution in [0.5, 0.6) is 0 Å². The maximum atomic E-state index is 11.6. The Kier molecular flexibility index (Phi) is 11.6. The summed E-state index contributed by atoms with van der Waals surface area (Å²) in [6.45, 7) is 2.56. The number of carbonyl (C=O) groups excluding carboxylic acids is 1. The molecule has 172 valence electrons. The fraction of sp³-hybridized carbons (Fsp3) is 0.577. The highest BCUT2D eigenvalue weighted by atomic mass is 16.5. The van der Waals surface area contributed by atoms with Gasteiger partial charge in [-0.3, -0.25) is 4.79 Å². The SMILES string of the molecule is CCCCOC(=O)CCCC=CC[C@@H]1C(C=C[C@@H](O)Cc2ccccc2)[C@H](O)C[C@@H]1O. The van der Waals surface area contributed by atoms with Crippen molar-refractivity contribution in [3.63, 3.8) is 0 Å². The van der Waals surface area contributed by atoms with Crippen LogP contribution >= 0.6 is 0 Å². The second-order valence-corrected chi connectivity index (χ2v) is 8.43. The number of allylic oxidation sites excluding steroid dienone is 2. The normalized spacial score (nSPS) is 24.8. The second kappa shape index (κ2) is 14.2. The van der Waals surface area contributed by atoms with Gasteiger partial charge in [-0.1, -0.05) is 68.0 Å². The van der Waals surface area contributed by atoms with Crippen molar-refractivity contribution in [1.82, 2.24) is 0 Å². The molecule has 0 amide bonds. The van der Waals surface area contributed by atoms with E-state index in [0.29, 0.717) is 32.3 Å². The Labute approximate surface area is 186 Å². The van der Waals surface area contributed by atoms with Gasteiger partial charge in [-0.15, -0.1) is 0 Å². The fourth-order valence-electron chi connectivity index (χ4n) is 4.02. The summed E-state index contributed by atoms with van der Waals surface area (Å²) in [6.07, 6.45) is 11.3. The quantitative estimate of drug-likeness (QED) is 0.250. The van der Waals surface area contributed by atoms with Crippen molar-refractivity contribution in [3.8, 4) is 0 Å². The van der Waals surface area contributed by atoms with Crippen LogP contribution in [0.1, 0.15) is 57.4 Å². The number of rotatable bonds is 13. The highest BCUT2D eigenvalue weighted by molar-refractivity contribution is 5.69. The molecule has 0 radical (unpaired) electrons. The van der Waals surface area contributed by atoms with Crippen molar-refractivity contribution in [1.29, 1.82) is 0 Å². The van der Waals surface area contributed by atoms with Crippen LogP contribution in [0.3, 0.4) is 0 Å². The van der Waals surface area contributed by atoms with Crippen molar-refractivity contribution in [2.45, 2.75) is 76.6 Å². The van der Waals surface area contributed by atoms with Crippen LogP contribution in [0.15, 0.2) is 54.6 Å². The van der Waals surface area contributed by atoms with Gasteiger partial charge in [0.25, 0.3) is 0 Å². The van der Waals surface area contributed by atoms with Crippen LogP contribution in [-0.2, 0) is 16.0 Å². The smallest absolute Gasteiger partial charge is 0.305 e. The van der Waals surface area contributed by atoms with E-state index >= 15 is 0 Å². The highest BCUT2D eigenvalue weighted by Gasteiger charge is 2.39. The van der Waals surface area contributed by atoms with Gasteiger partial charge < -0.3 is 20.1 Å². The summed E-state index contributed by atoms with van der Waals surface area (Å²) >= 11 is 0. The minimum atomic E-state index is -0.624. The minimum Gasteiger partial charge on any atom is -0.466 e. The molecule has 1 saturated carbocycles. The molecule has 0 spiro atoms. The summed E-state index contributed by atoms with van der Waals surface area (Å²) in [7, 11) is 0. The predicted octanol–water partition coefficient (Wildman–Crippen LogP) is 3.96. The zero-order valence-corrected chi connectivity index (χ0v) is 18.6. The Morgan fingerprint density at radius 1 is 1.16 bits per heavy atom. The molecule has 1 aromatic rings. The van der Waals surface area contributed by atoms with Gasteiger partial charge in [-0.2, -0.15) is 0 Å². The topological polar surface area (TPSA) is 87.0 Å². The lowest BCUT2D eigenvalue weighted by atomic mass is 9.89. The molecule has 5 nitrogen and oxygen atoms in total. The van der Waals surface area contributed by atoms with Crippen LogP contribution < -0.4 is 0 Å². The standard InChI is InChI=1S/C26H38O5/c1-2-3-17-31-26(30)14-10-5-4-9-13-22-23(25(29)19-24(22)28)16-15-21(27)18-20-11-7-6-8-12-20/h4,6-9,11-12,15-16,21-25,27-29H,2-3,5,10,13-14,17-19H2,1H3/t21-,22-,23?,24+,25-/m1/s1. The predicted molar refractivity (Wildman–Crippen MR) is 122 cm³/mol. The summed E-state index contributed by atoms with van der Waals surface area (Å²) in [6, 6.07) is 9.79. The Bertz CT molecular complexity index is 684. The number of benzene rings is 1. The third-order valence-corrected chi connectivity index (χ3v) is 5.85. The van der Waals surface area contributed by atoms with Crippen molar-refractivity contribution in [2.75, 3.05) is 6.61 Å². The van der Waals surface area contributed by atoms with Crippen molar-refractivity contribution in [3.05, 3.63) is 60.2 Å². The first-order valence-electron chi connectivity index (χ1n) is 11.6. The van der Waals surface area contributed by atoms with E-state index < -0.39 is 18.3 Å². The van der Waals surface area contributed by atoms with Crippen LogP contribution in [-0.4, -0.2) is 46.2 Å². The molecule has 0 bridgehead atoms. The molecule has 5 atom stereocenters. The van der Waals surface area contributed by atoms with Gasteiger partial charge in [0.2, 0.25) is 0 Å². The van der Waals surface area contributed by atoms with E-state index in [1.165, 1.54) is 0 Å². The molecule has 1 aliphatic rings. The highest BCUT2D eigenvalue weighted by Crippen LogP contribution is 2.36. The molecule has 1 aliphatic carbocycles. The first kappa shape index (κ1) is 25.3. The van der Waals surface area contributed by atoms with Crippen molar-refractivity contribution >= 4 is 5.97 Å². The molecule has 1 unspecified atom stereocenters. The Hall–Kier alpha value is -1.95. The van der Waals surface area contributed by atoms with Gasteiger partial charge in [-0.05, 0) is 37.2 Å². The number of hydrogen-bond acceptors (Lipinski definition) is 5. The summed E-state index contributed by atoms with van der Waals surface area (Å²) in [5, 5.41) is 31.0. The Morgan fingerprint density at radius 2 is 1.94 bits per heavy atom. The largest absolute Gasteiger partial charge is 0.466 e. The molecule has 5 heteroatoms. The van der Waals surface area contributed by atoms with Gasteiger partial charge in [0.1, 0.15) is 0 Å². The zero-order chi connectivity index (χ0) is 22.5. The number of unbranched alkanes of at least 4 members (excludes halogenated alkanes) is 2. The number of aliphatic hydroxyl groups excluding tert-OH is 3. The third-order valence-electron chi connectivity index (χ3n) is 5.85. The third kappa shape index (κ3) is 9.38. The first-order chi connectivity index (χ1) is 15.0. The average molecular weight is 431 g/mol. The number of ether oxygens (including phenoxy) is 1. The number of carbonyl (C=O) groups is 1. The van der Waals surface area contributed by atoms with E-state index in [1.807, 2.05) is 48.6 Å². The maximum absolute atomic E-state index is 11.6. The lowest BCUT2D eigenvalue weighted by molar-refractivity contribution is -0.143. The van der Waals surface area contributed by atoms with Crippen molar-refractivity contribution < 1.29 is 24.9 Å². The summed E-state index contributed by atoms with van der Waals surface area (Å²) in [5.74, 6) is -0.403. The molecule has 1 aromatic carbocycles. The van der Waals surface area contributed by atoms with Crippen LogP contribution in [0.25, 0.3) is 0 Å². The van der Waals surface area contributed by atoms with E-state index in [0.717, 1.165) is 31.2 Å². The van der Waals surface area contributed by atoms with E-state index in [1.54, 1.807) is 6.08 Å². The molecule has 3 N–H and O–H groups in total. The fourth-order valence-corrected chi connectivity index (χ4v) is 4.02. The molecule has 0 saturated heterocycles. The molecule has 2 rings (SSSR count). The van der Waals surface area contributed by atoms with Crippen LogP contribution in [0.2, 0.25) is 0 Å². The van der Waals surface area contributed by atoms with Gasteiger partial charge in [0.05, 0.1) is 24.9 Å². The van der Waals surface area contributed by atoms with Crippen molar-refractivity contribution in [2.24, 2.45) is 11.8 Å². The van der Waals surface area contributed by atoms with Gasteiger partial charge in [0.15, 0.2) is 0 Å². The molecular weight excluding hydrogens is 392 g/mol. The molecule has 0 aliphatic heterocycles. The van der Waals surface area contributed by atoms with E-state index in [-0.39, 0.29) is 17.8 Å². The zero-order valence-electron chi connectivity index (χ0n) is 18.6. The Balaban J connectivity index is 1.75. The van der Waals surface area contributed by atoms with E-state index in [4.69, 9.17) is 4.74 Å². The monoisotopic (exact) mass is 430 g/mol. The minimum absolute atomic E-state index is 0.0783. The first-order valence-corrected chi connectivity index (χ1v) is 11.6. The average Bonchev–Trinajstić information content (AvgIpc) is 3.02. The Morgan fingerprint density at radius 3 is 2.68 bits per heavy atom. The van der Waals surface area contributed by atoms with Crippen LogP contribution in [0.4, 0.5) is 0 Å². The van der Waals surface area contributed by atoms with Gasteiger partial charge in [0, 0.05) is 25.2 Å². The molecular formula is C26H38O5. The van der Waals surface area contributed by atoms with Crippen LogP contribution in [0, 0.1) is 11.8 Å². The van der Waals surface area contributed by atoms with E-state index in [2.05, 4.69) is 6.92 Å². The molecule has 1 fully saturated rings. The summed E-state index contributed by atoms with van der Waals surface area (Å²) in [4.78, 5) is 11.6. The second-order valence-electron chi connectivity index (χ2n) is 8.43. The lowest BCUT2D eigenvalue weighted by Gasteiger charge is -2.19. The summed E-state index contributed by atoms with van der Waals surface area (Å²) in [5.41, 5.74) is 1.06. The van der Waals surface area contributed by atoms with Gasteiger partial charge in [-0.25, -0.2) is 0 Å². The number of esters is 1. The van der Waals surface area contributed by atoms with E-state index in [9.17, 15) is 20.1 Å². The molecule has 31 heavy (non-hydrogen) atoms. The lowest BCUT2D eigenvalue weighted by Crippen LogP contribution is -2.20. The maximum Gasteiger partial charge on any atom is 0.305 e. The molecule has 0 heterocycles. The van der Waals surface area contributed by atoms with Gasteiger partial charge >= 0.3 is 5.97 Å². The summed E-state index contributed by atoms with van der Waals surface area (Å²) < 4.78 is 5.14.